The Bertz CT molecular complexity index is 298. The van der Waals surface area contributed by atoms with Crippen molar-refractivity contribution in [3.05, 3.63) is 54.6 Å². The van der Waals surface area contributed by atoms with Crippen LogP contribution >= 0.6 is 0 Å². The molecule has 1 nitrogen and oxygen atoms in total. The molecule has 1 aromatic carbocycles. The van der Waals surface area contributed by atoms with E-state index >= 15 is 0 Å². The van der Waals surface area contributed by atoms with Gasteiger partial charge in [-0.05, 0) is 19.1 Å². The molecule has 1 rings (SSSR count). The lowest BCUT2D eigenvalue weighted by atomic mass is 10.3. The fourth-order valence-electron chi connectivity index (χ4n) is 1.20. The van der Waals surface area contributed by atoms with Crippen LogP contribution in [0.2, 0.25) is 0 Å². The van der Waals surface area contributed by atoms with Crippen LogP contribution in [0, 0.1) is 0 Å². The highest BCUT2D eigenvalue weighted by molar-refractivity contribution is 5.45. The molecule has 74 valence electrons. The van der Waals surface area contributed by atoms with Crippen molar-refractivity contribution in [3.8, 4) is 0 Å². The lowest BCUT2D eigenvalue weighted by molar-refractivity contribution is 1.03. The highest BCUT2D eigenvalue weighted by Gasteiger charge is 1.94. The fraction of sp³-hybridized carbons (Fsp3) is 0.231. The number of allylic oxidation sites excluding steroid dienone is 3. The van der Waals surface area contributed by atoms with Gasteiger partial charge < -0.3 is 4.90 Å². The normalized spacial score (nSPS) is 11.3. The molecule has 0 spiro atoms. The van der Waals surface area contributed by atoms with Crippen molar-refractivity contribution in [2.45, 2.75) is 6.92 Å². The third kappa shape index (κ3) is 3.48. The Balaban J connectivity index is 2.47. The minimum atomic E-state index is 0.939. The third-order valence-corrected chi connectivity index (χ3v) is 2.02. The molecule has 0 bridgehead atoms. The second-order valence-electron chi connectivity index (χ2n) is 3.17. The molecule has 0 amide bonds. The number of nitrogens with zero attached hydrogens (tertiary/aromatic N) is 1. The summed E-state index contributed by atoms with van der Waals surface area (Å²) in [5, 5.41) is 0. The van der Waals surface area contributed by atoms with Crippen LogP contribution < -0.4 is 4.90 Å². The van der Waals surface area contributed by atoms with Gasteiger partial charge in [0.25, 0.3) is 0 Å². The van der Waals surface area contributed by atoms with Crippen LogP contribution in [0.1, 0.15) is 6.92 Å². The Labute approximate surface area is 86.4 Å². The Morgan fingerprint density at radius 1 is 1.14 bits per heavy atom. The predicted octanol–water partition coefficient (Wildman–Crippen LogP) is 3.26. The van der Waals surface area contributed by atoms with Crippen molar-refractivity contribution in [3.63, 3.8) is 0 Å². The van der Waals surface area contributed by atoms with Crippen LogP contribution in [-0.2, 0) is 0 Å². The average Bonchev–Trinajstić information content (AvgIpc) is 2.25. The summed E-state index contributed by atoms with van der Waals surface area (Å²) in [7, 11) is 2.09. The highest BCUT2D eigenvalue weighted by atomic mass is 15.1. The number of para-hydroxylation sites is 1. The van der Waals surface area contributed by atoms with Gasteiger partial charge in [-0.25, -0.2) is 0 Å². The number of hydrogen-bond donors (Lipinski definition) is 0. The molecular formula is C13H17N. The summed E-state index contributed by atoms with van der Waals surface area (Å²) in [5.74, 6) is 0. The number of rotatable bonds is 4. The summed E-state index contributed by atoms with van der Waals surface area (Å²) in [6.45, 7) is 2.96. The van der Waals surface area contributed by atoms with E-state index in [1.54, 1.807) is 0 Å². The largest absolute Gasteiger partial charge is 0.371 e. The molecule has 0 aliphatic rings. The van der Waals surface area contributed by atoms with Gasteiger partial charge >= 0.3 is 0 Å². The molecule has 0 saturated carbocycles. The van der Waals surface area contributed by atoms with Crippen molar-refractivity contribution in [1.29, 1.82) is 0 Å². The fourth-order valence-corrected chi connectivity index (χ4v) is 1.20. The van der Waals surface area contributed by atoms with E-state index in [2.05, 4.69) is 48.4 Å². The Morgan fingerprint density at radius 3 is 2.50 bits per heavy atom. The molecular weight excluding hydrogens is 170 g/mol. The molecule has 0 atom stereocenters. The van der Waals surface area contributed by atoms with E-state index in [0.717, 1.165) is 6.54 Å². The van der Waals surface area contributed by atoms with E-state index in [1.165, 1.54) is 5.69 Å². The lowest BCUT2D eigenvalue weighted by Crippen LogP contribution is -2.16. The van der Waals surface area contributed by atoms with Crippen molar-refractivity contribution in [1.82, 2.24) is 0 Å². The first-order chi connectivity index (χ1) is 6.84. The second kappa shape index (κ2) is 6.03. The second-order valence-corrected chi connectivity index (χ2v) is 3.17. The minimum Gasteiger partial charge on any atom is -0.371 e. The topological polar surface area (TPSA) is 3.24 Å². The zero-order chi connectivity index (χ0) is 10.2. The maximum absolute atomic E-state index is 2.21. The van der Waals surface area contributed by atoms with Gasteiger partial charge in [0.2, 0.25) is 0 Å². The third-order valence-electron chi connectivity index (χ3n) is 2.02. The highest BCUT2D eigenvalue weighted by Crippen LogP contribution is 2.10. The molecule has 0 radical (unpaired) electrons. The molecule has 0 heterocycles. The minimum absolute atomic E-state index is 0.939. The van der Waals surface area contributed by atoms with Gasteiger partial charge in [-0.2, -0.15) is 0 Å². The molecule has 14 heavy (non-hydrogen) atoms. The van der Waals surface area contributed by atoms with Gasteiger partial charge in [0, 0.05) is 19.3 Å². The SMILES string of the molecule is C/C=C\C=C/CN(C)c1ccccc1. The van der Waals surface area contributed by atoms with Gasteiger partial charge in [0.15, 0.2) is 0 Å². The number of likely N-dealkylation sites (N-methyl/N-ethyl adjacent to an activating group) is 1. The number of hydrogen-bond acceptors (Lipinski definition) is 1. The number of anilines is 1. The summed E-state index contributed by atoms with van der Waals surface area (Å²) in [6, 6.07) is 10.4. The van der Waals surface area contributed by atoms with Gasteiger partial charge in [-0.3, -0.25) is 0 Å². The maximum Gasteiger partial charge on any atom is 0.0366 e. The summed E-state index contributed by atoms with van der Waals surface area (Å²) >= 11 is 0. The first-order valence-electron chi connectivity index (χ1n) is 4.88. The zero-order valence-electron chi connectivity index (χ0n) is 8.85. The molecule has 0 N–H and O–H groups in total. The quantitative estimate of drug-likeness (QED) is 0.654. The molecule has 0 aromatic heterocycles. The van der Waals surface area contributed by atoms with Gasteiger partial charge in [-0.15, -0.1) is 0 Å². The van der Waals surface area contributed by atoms with Crippen LogP contribution in [0.15, 0.2) is 54.6 Å². The Hall–Kier alpha value is -1.50. The first-order valence-corrected chi connectivity index (χ1v) is 4.88. The van der Waals surface area contributed by atoms with E-state index < -0.39 is 0 Å². The predicted molar refractivity (Wildman–Crippen MR) is 63.7 cm³/mol. The molecule has 1 heteroatoms. The number of benzene rings is 1. The summed E-state index contributed by atoms with van der Waals surface area (Å²) in [5.41, 5.74) is 1.25. The first kappa shape index (κ1) is 10.6. The smallest absolute Gasteiger partial charge is 0.0366 e. The Morgan fingerprint density at radius 2 is 1.86 bits per heavy atom. The standard InChI is InChI=1S/C13H17N/c1-3-4-5-9-12-14(2)13-10-7-6-8-11-13/h3-11H,12H2,1-2H3/b4-3-,9-5-. The van der Waals surface area contributed by atoms with E-state index in [4.69, 9.17) is 0 Å². The maximum atomic E-state index is 2.21. The molecule has 0 aliphatic carbocycles. The molecule has 1 aromatic rings. The van der Waals surface area contributed by atoms with Crippen molar-refractivity contribution < 1.29 is 0 Å². The van der Waals surface area contributed by atoms with Gasteiger partial charge in [0.1, 0.15) is 0 Å². The van der Waals surface area contributed by atoms with E-state index in [0.29, 0.717) is 0 Å². The van der Waals surface area contributed by atoms with Crippen molar-refractivity contribution in [2.24, 2.45) is 0 Å². The lowest BCUT2D eigenvalue weighted by Gasteiger charge is -2.16. The van der Waals surface area contributed by atoms with E-state index in [9.17, 15) is 0 Å². The zero-order valence-corrected chi connectivity index (χ0v) is 8.85. The monoisotopic (exact) mass is 187 g/mol. The Kier molecular flexibility index (Phi) is 4.56. The molecule has 0 saturated heterocycles. The summed E-state index contributed by atoms with van der Waals surface area (Å²) in [4.78, 5) is 2.21. The van der Waals surface area contributed by atoms with Gasteiger partial charge in [-0.1, -0.05) is 42.5 Å². The molecule has 0 fully saturated rings. The van der Waals surface area contributed by atoms with Crippen LogP contribution in [0.25, 0.3) is 0 Å². The van der Waals surface area contributed by atoms with Crippen LogP contribution in [0.4, 0.5) is 5.69 Å². The van der Waals surface area contributed by atoms with E-state index in [-0.39, 0.29) is 0 Å². The average molecular weight is 187 g/mol. The van der Waals surface area contributed by atoms with Crippen molar-refractivity contribution >= 4 is 5.69 Å². The molecule has 0 unspecified atom stereocenters. The molecule has 0 aliphatic heterocycles. The summed E-state index contributed by atoms with van der Waals surface area (Å²) in [6.07, 6.45) is 8.28. The van der Waals surface area contributed by atoms with Crippen LogP contribution in [0.5, 0.6) is 0 Å². The van der Waals surface area contributed by atoms with Crippen LogP contribution in [0.3, 0.4) is 0 Å². The van der Waals surface area contributed by atoms with E-state index in [1.807, 2.05) is 25.1 Å². The van der Waals surface area contributed by atoms with Crippen LogP contribution in [-0.4, -0.2) is 13.6 Å². The van der Waals surface area contributed by atoms with Gasteiger partial charge in [0.05, 0.1) is 0 Å². The van der Waals surface area contributed by atoms with Crippen molar-refractivity contribution in [2.75, 3.05) is 18.5 Å². The summed E-state index contributed by atoms with van der Waals surface area (Å²) < 4.78 is 0.